The van der Waals surface area contributed by atoms with Gasteiger partial charge in [-0.15, -0.1) is 0 Å². The first-order valence-corrected chi connectivity index (χ1v) is 8.13. The van der Waals surface area contributed by atoms with Gasteiger partial charge in [-0.3, -0.25) is 24.3 Å². The quantitative estimate of drug-likeness (QED) is 0.829. The Kier molecular flexibility index (Phi) is 5.07. The highest BCUT2D eigenvalue weighted by atomic mass is 16.2. The minimum absolute atomic E-state index is 0.121. The summed E-state index contributed by atoms with van der Waals surface area (Å²) in [5, 5.41) is 5.33. The Balaban J connectivity index is 1.46. The van der Waals surface area contributed by atoms with E-state index in [1.165, 1.54) is 4.90 Å². The Bertz CT molecular complexity index is 829. The summed E-state index contributed by atoms with van der Waals surface area (Å²) in [6, 6.07) is 10.6. The molecule has 0 aliphatic carbocycles. The van der Waals surface area contributed by atoms with Crippen molar-refractivity contribution in [1.29, 1.82) is 0 Å². The highest BCUT2D eigenvalue weighted by Gasteiger charge is 2.31. The van der Waals surface area contributed by atoms with E-state index in [1.807, 2.05) is 6.07 Å². The molecule has 7 heteroatoms. The molecule has 0 radical (unpaired) electrons. The molecule has 1 aromatic heterocycles. The molecular weight excluding hydrogens is 332 g/mol. The average Bonchev–Trinajstić information content (AvgIpc) is 2.88. The van der Waals surface area contributed by atoms with Crippen LogP contribution in [0.3, 0.4) is 0 Å². The number of fused-ring (bicyclic) bond motifs is 1. The van der Waals surface area contributed by atoms with Crippen molar-refractivity contribution in [2.75, 3.05) is 18.4 Å². The van der Waals surface area contributed by atoms with Crippen molar-refractivity contribution in [3.8, 4) is 0 Å². The minimum Gasteiger partial charge on any atom is -0.354 e. The van der Waals surface area contributed by atoms with E-state index in [4.69, 9.17) is 0 Å². The van der Waals surface area contributed by atoms with E-state index < -0.39 is 0 Å². The molecule has 0 atom stereocenters. The van der Waals surface area contributed by atoms with Crippen LogP contribution in [0, 0.1) is 0 Å². The van der Waals surface area contributed by atoms with Crippen LogP contribution >= 0.6 is 0 Å². The number of anilines is 1. The first kappa shape index (κ1) is 17.3. The Morgan fingerprint density at radius 1 is 1.08 bits per heavy atom. The highest BCUT2D eigenvalue weighted by molar-refractivity contribution is 6.10. The van der Waals surface area contributed by atoms with E-state index in [1.54, 1.807) is 42.7 Å². The Morgan fingerprint density at radius 2 is 1.85 bits per heavy atom. The lowest BCUT2D eigenvalue weighted by Crippen LogP contribution is -2.37. The number of nitrogens with zero attached hydrogens (tertiary/aromatic N) is 2. The number of pyridine rings is 1. The number of rotatable bonds is 6. The van der Waals surface area contributed by atoms with E-state index >= 15 is 0 Å². The normalized spacial score (nSPS) is 12.7. The maximum atomic E-state index is 12.3. The number of benzene rings is 1. The number of carbonyl (C=O) groups is 3. The van der Waals surface area contributed by atoms with Crippen LogP contribution in [-0.4, -0.2) is 40.7 Å². The fourth-order valence-corrected chi connectivity index (χ4v) is 2.68. The number of hydrogen-bond donors (Lipinski definition) is 2. The summed E-state index contributed by atoms with van der Waals surface area (Å²) in [5.74, 6) is -0.816. The van der Waals surface area contributed by atoms with Crippen LogP contribution < -0.4 is 10.6 Å². The Hall–Kier alpha value is -3.48. The molecule has 0 bridgehead atoms. The van der Waals surface area contributed by atoms with Gasteiger partial charge in [0, 0.05) is 36.0 Å². The summed E-state index contributed by atoms with van der Waals surface area (Å²) in [4.78, 5) is 41.5. The smallest absolute Gasteiger partial charge is 0.259 e. The first-order valence-electron chi connectivity index (χ1n) is 8.13. The Labute approximate surface area is 150 Å². The molecule has 3 amide bonds. The van der Waals surface area contributed by atoms with Gasteiger partial charge in [0.05, 0.1) is 11.9 Å². The predicted molar refractivity (Wildman–Crippen MR) is 97.0 cm³/mol. The maximum absolute atomic E-state index is 12.3. The van der Waals surface area contributed by atoms with Crippen LogP contribution in [0.5, 0.6) is 0 Å². The van der Waals surface area contributed by atoms with Gasteiger partial charge in [0.2, 0.25) is 11.8 Å². The first-order chi connectivity index (χ1) is 12.6. The zero-order valence-corrected chi connectivity index (χ0v) is 14.1. The van der Waals surface area contributed by atoms with Crippen molar-refractivity contribution in [2.24, 2.45) is 0 Å². The fourth-order valence-electron chi connectivity index (χ4n) is 2.68. The molecule has 7 nitrogen and oxygen atoms in total. The molecule has 0 spiro atoms. The maximum Gasteiger partial charge on any atom is 0.259 e. The predicted octanol–water partition coefficient (Wildman–Crippen LogP) is 1.65. The van der Waals surface area contributed by atoms with Crippen molar-refractivity contribution >= 4 is 29.1 Å². The lowest BCUT2D eigenvalue weighted by atomic mass is 10.1. The number of amides is 3. The summed E-state index contributed by atoms with van der Waals surface area (Å²) in [6.45, 7) is 3.94. The van der Waals surface area contributed by atoms with Gasteiger partial charge in [0.25, 0.3) is 5.91 Å². The topological polar surface area (TPSA) is 91.4 Å². The summed E-state index contributed by atoms with van der Waals surface area (Å²) in [5.41, 5.74) is 2.39. The molecule has 2 aromatic rings. The van der Waals surface area contributed by atoms with Crippen LogP contribution in [0.25, 0.3) is 5.70 Å². The molecule has 132 valence electrons. The lowest BCUT2D eigenvalue weighted by Gasteiger charge is -2.16. The molecule has 0 saturated heterocycles. The average molecular weight is 350 g/mol. The van der Waals surface area contributed by atoms with E-state index in [-0.39, 0.29) is 37.2 Å². The van der Waals surface area contributed by atoms with E-state index in [9.17, 15) is 14.4 Å². The van der Waals surface area contributed by atoms with E-state index in [0.29, 0.717) is 16.9 Å². The molecule has 0 saturated carbocycles. The molecule has 3 rings (SSSR count). The van der Waals surface area contributed by atoms with Crippen LogP contribution in [0.2, 0.25) is 0 Å². The third kappa shape index (κ3) is 3.77. The fraction of sp³-hybridized carbons (Fsp3) is 0.158. The van der Waals surface area contributed by atoms with Crippen molar-refractivity contribution < 1.29 is 14.4 Å². The zero-order valence-electron chi connectivity index (χ0n) is 14.1. The van der Waals surface area contributed by atoms with Gasteiger partial charge < -0.3 is 10.6 Å². The van der Waals surface area contributed by atoms with Crippen molar-refractivity contribution in [1.82, 2.24) is 15.2 Å². The second kappa shape index (κ2) is 7.60. The van der Waals surface area contributed by atoms with Gasteiger partial charge in [-0.05, 0) is 18.2 Å². The summed E-state index contributed by atoms with van der Waals surface area (Å²) >= 11 is 0. The number of hydrogen-bond acceptors (Lipinski definition) is 4. The lowest BCUT2D eigenvalue weighted by molar-refractivity contribution is -0.121. The van der Waals surface area contributed by atoms with Crippen molar-refractivity contribution in [3.63, 3.8) is 0 Å². The summed E-state index contributed by atoms with van der Waals surface area (Å²) in [6.07, 6.45) is 3.27. The van der Waals surface area contributed by atoms with Gasteiger partial charge in [-0.2, -0.15) is 0 Å². The second-order valence-electron chi connectivity index (χ2n) is 5.77. The van der Waals surface area contributed by atoms with Crippen LogP contribution in [-0.2, 0) is 9.59 Å². The second-order valence-corrected chi connectivity index (χ2v) is 5.77. The van der Waals surface area contributed by atoms with Crippen LogP contribution in [0.4, 0.5) is 5.69 Å². The monoisotopic (exact) mass is 350 g/mol. The molecule has 0 fully saturated rings. The number of carbonyl (C=O) groups excluding carboxylic acids is 3. The largest absolute Gasteiger partial charge is 0.354 e. The Morgan fingerprint density at radius 3 is 2.54 bits per heavy atom. The molecule has 1 aromatic carbocycles. The third-order valence-electron chi connectivity index (χ3n) is 3.96. The zero-order chi connectivity index (χ0) is 18.5. The molecule has 2 heterocycles. The number of aromatic nitrogens is 1. The highest BCUT2D eigenvalue weighted by Crippen LogP contribution is 2.30. The molecule has 1 aliphatic heterocycles. The SMILES string of the molecule is C=C1c2ccccc2C(=O)N1CC(=O)NCCC(=O)Nc1cccnc1. The van der Waals surface area contributed by atoms with Gasteiger partial charge in [0.15, 0.2) is 0 Å². The number of nitrogens with one attached hydrogen (secondary N) is 2. The van der Waals surface area contributed by atoms with Gasteiger partial charge >= 0.3 is 0 Å². The van der Waals surface area contributed by atoms with E-state index in [0.717, 1.165) is 5.56 Å². The standard InChI is InChI=1S/C19H18N4O3/c1-13-15-6-2-3-7-16(15)19(26)23(13)12-18(25)21-10-8-17(24)22-14-5-4-9-20-11-14/h2-7,9,11H,1,8,10,12H2,(H,21,25)(H,22,24). The van der Waals surface area contributed by atoms with Gasteiger partial charge in [0.1, 0.15) is 6.54 Å². The molecule has 0 unspecified atom stereocenters. The van der Waals surface area contributed by atoms with E-state index in [2.05, 4.69) is 22.2 Å². The van der Waals surface area contributed by atoms with Crippen LogP contribution in [0.1, 0.15) is 22.3 Å². The molecular formula is C19H18N4O3. The summed E-state index contributed by atoms with van der Waals surface area (Å²) < 4.78 is 0. The van der Waals surface area contributed by atoms with Crippen LogP contribution in [0.15, 0.2) is 55.4 Å². The minimum atomic E-state index is -0.346. The molecule has 2 N–H and O–H groups in total. The third-order valence-corrected chi connectivity index (χ3v) is 3.96. The summed E-state index contributed by atoms with van der Waals surface area (Å²) in [7, 11) is 0. The molecule has 26 heavy (non-hydrogen) atoms. The van der Waals surface area contributed by atoms with Gasteiger partial charge in [-0.25, -0.2) is 0 Å². The van der Waals surface area contributed by atoms with Gasteiger partial charge in [-0.1, -0.05) is 24.8 Å². The van der Waals surface area contributed by atoms with Crippen molar-refractivity contribution in [3.05, 3.63) is 66.5 Å². The molecule has 1 aliphatic rings. The van der Waals surface area contributed by atoms with Crippen molar-refractivity contribution in [2.45, 2.75) is 6.42 Å².